The Kier molecular flexibility index (Phi) is 3.85. The van der Waals surface area contributed by atoms with E-state index in [0.29, 0.717) is 23.3 Å². The number of aryl methyl sites for hydroxylation is 1. The molecule has 0 radical (unpaired) electrons. The third-order valence-electron chi connectivity index (χ3n) is 5.32. The van der Waals surface area contributed by atoms with Gasteiger partial charge in [0.05, 0.1) is 0 Å². The van der Waals surface area contributed by atoms with Gasteiger partial charge in [0.15, 0.2) is 5.78 Å². The first kappa shape index (κ1) is 15.3. The summed E-state index contributed by atoms with van der Waals surface area (Å²) in [6.45, 7) is 5.25. The molecule has 2 aliphatic heterocycles. The lowest BCUT2D eigenvalue weighted by atomic mass is 9.98. The van der Waals surface area contributed by atoms with Crippen molar-refractivity contribution in [2.45, 2.75) is 64.6 Å². The normalized spacial score (nSPS) is 27.0. The number of amides is 1. The standard InChI is InChI=1S/C17H25N3O2/c1-9-15(11(3)21)10(2)18-16(9)17(22)20(4)14-7-12-5-6-13(8-14)19-12/h12-14,18-19H,5-8H2,1-4H3. The summed E-state index contributed by atoms with van der Waals surface area (Å²) in [6, 6.07) is 1.39. The summed E-state index contributed by atoms with van der Waals surface area (Å²) in [5.41, 5.74) is 2.78. The first-order valence-corrected chi connectivity index (χ1v) is 8.11. The zero-order valence-electron chi connectivity index (χ0n) is 13.8. The van der Waals surface area contributed by atoms with Crippen molar-refractivity contribution in [1.29, 1.82) is 0 Å². The molecule has 0 aliphatic carbocycles. The minimum atomic E-state index is -0.000556. The van der Waals surface area contributed by atoms with Gasteiger partial charge in [0, 0.05) is 36.4 Å². The van der Waals surface area contributed by atoms with Crippen molar-refractivity contribution < 1.29 is 9.59 Å². The second-order valence-electron chi connectivity index (χ2n) is 6.86. The van der Waals surface area contributed by atoms with E-state index in [2.05, 4.69) is 10.3 Å². The number of ketones is 1. The largest absolute Gasteiger partial charge is 0.354 e. The van der Waals surface area contributed by atoms with E-state index in [4.69, 9.17) is 0 Å². The maximum atomic E-state index is 12.8. The third-order valence-corrected chi connectivity index (χ3v) is 5.32. The Balaban J connectivity index is 1.82. The van der Waals surface area contributed by atoms with Gasteiger partial charge in [-0.15, -0.1) is 0 Å². The van der Waals surface area contributed by atoms with Crippen LogP contribution in [0.15, 0.2) is 0 Å². The first-order chi connectivity index (χ1) is 10.4. The van der Waals surface area contributed by atoms with E-state index >= 15 is 0 Å². The fourth-order valence-corrected chi connectivity index (χ4v) is 4.18. The van der Waals surface area contributed by atoms with Gasteiger partial charge in [0.2, 0.25) is 0 Å². The fraction of sp³-hybridized carbons (Fsp3) is 0.647. The van der Waals surface area contributed by atoms with Gasteiger partial charge in [-0.3, -0.25) is 9.59 Å². The molecular weight excluding hydrogens is 278 g/mol. The molecule has 0 aromatic carbocycles. The highest BCUT2D eigenvalue weighted by molar-refractivity contribution is 6.02. The highest BCUT2D eigenvalue weighted by Crippen LogP contribution is 2.30. The van der Waals surface area contributed by atoms with E-state index < -0.39 is 0 Å². The van der Waals surface area contributed by atoms with Crippen molar-refractivity contribution in [3.8, 4) is 0 Å². The molecule has 0 spiro atoms. The van der Waals surface area contributed by atoms with Crippen LogP contribution in [0.5, 0.6) is 0 Å². The highest BCUT2D eigenvalue weighted by Gasteiger charge is 2.37. The van der Waals surface area contributed by atoms with Crippen LogP contribution in [0.4, 0.5) is 0 Å². The van der Waals surface area contributed by atoms with E-state index in [0.717, 1.165) is 24.1 Å². The van der Waals surface area contributed by atoms with Gasteiger partial charge in [-0.05, 0) is 52.0 Å². The fourth-order valence-electron chi connectivity index (χ4n) is 4.18. The minimum Gasteiger partial charge on any atom is -0.354 e. The Bertz CT molecular complexity index is 608. The van der Waals surface area contributed by atoms with Crippen LogP contribution in [0, 0.1) is 13.8 Å². The number of aromatic amines is 1. The minimum absolute atomic E-state index is 0.000556. The molecule has 1 aromatic rings. The van der Waals surface area contributed by atoms with Gasteiger partial charge in [0.25, 0.3) is 5.91 Å². The number of H-pyrrole nitrogens is 1. The number of fused-ring (bicyclic) bond motifs is 2. The molecule has 1 aromatic heterocycles. The van der Waals surface area contributed by atoms with Gasteiger partial charge in [-0.1, -0.05) is 0 Å². The number of piperidine rings is 1. The highest BCUT2D eigenvalue weighted by atomic mass is 16.2. The van der Waals surface area contributed by atoms with E-state index in [9.17, 15) is 9.59 Å². The van der Waals surface area contributed by atoms with E-state index in [1.807, 2.05) is 25.8 Å². The maximum absolute atomic E-state index is 12.8. The molecule has 2 N–H and O–H groups in total. The molecule has 2 atom stereocenters. The molecule has 1 amide bonds. The van der Waals surface area contributed by atoms with E-state index in [-0.39, 0.29) is 17.7 Å². The molecule has 2 aliphatic rings. The predicted octanol–water partition coefficient (Wildman–Crippen LogP) is 2.19. The molecule has 2 fully saturated rings. The zero-order valence-corrected chi connectivity index (χ0v) is 13.8. The van der Waals surface area contributed by atoms with Crippen molar-refractivity contribution in [3.05, 3.63) is 22.5 Å². The number of hydrogen-bond acceptors (Lipinski definition) is 3. The topological polar surface area (TPSA) is 65.2 Å². The second-order valence-corrected chi connectivity index (χ2v) is 6.86. The average molecular weight is 303 g/mol. The summed E-state index contributed by atoms with van der Waals surface area (Å²) in [5, 5.41) is 3.60. The third kappa shape index (κ3) is 2.47. The van der Waals surface area contributed by atoms with Crippen LogP contribution in [0.2, 0.25) is 0 Å². The number of rotatable bonds is 3. The van der Waals surface area contributed by atoms with Crippen LogP contribution in [0.3, 0.4) is 0 Å². The maximum Gasteiger partial charge on any atom is 0.270 e. The number of aromatic nitrogens is 1. The molecule has 3 rings (SSSR count). The summed E-state index contributed by atoms with van der Waals surface area (Å²) in [4.78, 5) is 29.6. The number of Topliss-reactive ketones (excluding diaryl/α,β-unsaturated/α-hetero) is 1. The van der Waals surface area contributed by atoms with Crippen molar-refractivity contribution in [3.63, 3.8) is 0 Å². The molecule has 120 valence electrons. The number of carbonyl (C=O) groups is 2. The molecule has 3 heterocycles. The van der Waals surface area contributed by atoms with Gasteiger partial charge in [-0.25, -0.2) is 0 Å². The van der Waals surface area contributed by atoms with E-state index in [1.165, 1.54) is 12.8 Å². The van der Waals surface area contributed by atoms with Gasteiger partial charge >= 0.3 is 0 Å². The molecule has 0 saturated carbocycles. The number of nitrogens with zero attached hydrogens (tertiary/aromatic N) is 1. The first-order valence-electron chi connectivity index (χ1n) is 8.11. The van der Waals surface area contributed by atoms with Gasteiger partial charge in [-0.2, -0.15) is 0 Å². The summed E-state index contributed by atoms with van der Waals surface area (Å²) >= 11 is 0. The number of hydrogen-bond donors (Lipinski definition) is 2. The lowest BCUT2D eigenvalue weighted by molar-refractivity contribution is 0.0675. The molecule has 2 saturated heterocycles. The Morgan fingerprint density at radius 1 is 1.14 bits per heavy atom. The average Bonchev–Trinajstić information content (AvgIpc) is 2.96. The van der Waals surface area contributed by atoms with Crippen molar-refractivity contribution >= 4 is 11.7 Å². The van der Waals surface area contributed by atoms with Crippen LogP contribution < -0.4 is 5.32 Å². The second kappa shape index (κ2) is 5.54. The lowest BCUT2D eigenvalue weighted by Gasteiger charge is -2.35. The summed E-state index contributed by atoms with van der Waals surface area (Å²) in [7, 11) is 1.89. The van der Waals surface area contributed by atoms with Crippen LogP contribution in [-0.4, -0.2) is 46.7 Å². The Morgan fingerprint density at radius 3 is 2.23 bits per heavy atom. The molecular formula is C17H25N3O2. The molecule has 2 unspecified atom stereocenters. The number of carbonyl (C=O) groups excluding carboxylic acids is 2. The number of nitrogens with one attached hydrogen (secondary N) is 2. The Labute approximate surface area is 131 Å². The monoisotopic (exact) mass is 303 g/mol. The van der Waals surface area contributed by atoms with Crippen LogP contribution >= 0.6 is 0 Å². The van der Waals surface area contributed by atoms with Crippen molar-refractivity contribution in [2.75, 3.05) is 7.05 Å². The predicted molar refractivity (Wildman–Crippen MR) is 85.3 cm³/mol. The summed E-state index contributed by atoms with van der Waals surface area (Å²) < 4.78 is 0. The van der Waals surface area contributed by atoms with E-state index in [1.54, 1.807) is 6.92 Å². The summed E-state index contributed by atoms with van der Waals surface area (Å²) in [5.74, 6) is 0.00673. The smallest absolute Gasteiger partial charge is 0.270 e. The van der Waals surface area contributed by atoms with Crippen LogP contribution in [-0.2, 0) is 0 Å². The van der Waals surface area contributed by atoms with Crippen LogP contribution in [0.25, 0.3) is 0 Å². The Hall–Kier alpha value is -1.62. The molecule has 5 heteroatoms. The van der Waals surface area contributed by atoms with Crippen LogP contribution in [0.1, 0.15) is 64.7 Å². The summed E-state index contributed by atoms with van der Waals surface area (Å²) in [6.07, 6.45) is 4.49. The molecule has 5 nitrogen and oxygen atoms in total. The molecule has 22 heavy (non-hydrogen) atoms. The van der Waals surface area contributed by atoms with Crippen molar-refractivity contribution in [2.24, 2.45) is 0 Å². The van der Waals surface area contributed by atoms with Gasteiger partial charge in [0.1, 0.15) is 5.69 Å². The molecule has 2 bridgehead atoms. The van der Waals surface area contributed by atoms with Gasteiger partial charge < -0.3 is 15.2 Å². The zero-order chi connectivity index (χ0) is 16.0. The lowest BCUT2D eigenvalue weighted by Crippen LogP contribution is -2.48. The quantitative estimate of drug-likeness (QED) is 0.841. The SMILES string of the molecule is CC(=O)c1c(C)[nH]c(C(=O)N(C)C2CC3CCC(C2)N3)c1C. The van der Waals surface area contributed by atoms with Crippen molar-refractivity contribution in [1.82, 2.24) is 15.2 Å². The Morgan fingerprint density at radius 2 is 1.73 bits per heavy atom.